The molecule has 0 aliphatic carbocycles. The van der Waals surface area contributed by atoms with Crippen LogP contribution in [0.3, 0.4) is 0 Å². The van der Waals surface area contributed by atoms with E-state index in [1.807, 2.05) is 0 Å². The van der Waals surface area contributed by atoms with Crippen molar-refractivity contribution in [3.05, 3.63) is 58.0 Å². The number of carboxylic acids is 1. The molecule has 2 N–H and O–H groups in total. The van der Waals surface area contributed by atoms with Gasteiger partial charge >= 0.3 is 5.97 Å². The number of carbonyl (C=O) groups is 2. The van der Waals surface area contributed by atoms with Crippen LogP contribution >= 0.6 is 11.6 Å². The molecule has 6 heteroatoms. The summed E-state index contributed by atoms with van der Waals surface area (Å²) in [5.41, 5.74) is 1.38. The zero-order valence-electron chi connectivity index (χ0n) is 12.2. The Bertz CT molecular complexity index is 691. The maximum atomic E-state index is 12.3. The number of nitrogens with one attached hydrogen (secondary N) is 1. The Labute approximate surface area is 132 Å². The van der Waals surface area contributed by atoms with Crippen molar-refractivity contribution in [3.8, 4) is 0 Å². The molecule has 0 aliphatic heterocycles. The summed E-state index contributed by atoms with van der Waals surface area (Å²) >= 11 is 5.83. The molecule has 0 saturated heterocycles. The molecule has 1 aromatic carbocycles. The number of aliphatic carboxylic acids is 1. The third-order valence-corrected chi connectivity index (χ3v) is 3.46. The Morgan fingerprint density at radius 1 is 1.27 bits per heavy atom. The number of aryl methyl sites for hydroxylation is 2. The quantitative estimate of drug-likeness (QED) is 0.883. The van der Waals surface area contributed by atoms with Crippen LogP contribution in [0, 0.1) is 13.8 Å². The molecule has 0 radical (unpaired) electrons. The number of benzene rings is 1. The summed E-state index contributed by atoms with van der Waals surface area (Å²) in [6.07, 6.45) is -0.230. The van der Waals surface area contributed by atoms with Crippen LogP contribution in [0.2, 0.25) is 5.02 Å². The minimum absolute atomic E-state index is 0.196. The van der Waals surface area contributed by atoms with E-state index >= 15 is 0 Å². The molecule has 22 heavy (non-hydrogen) atoms. The molecule has 116 valence electrons. The zero-order valence-corrected chi connectivity index (χ0v) is 13.0. The van der Waals surface area contributed by atoms with Gasteiger partial charge in [-0.25, -0.2) is 0 Å². The summed E-state index contributed by atoms with van der Waals surface area (Å²) in [7, 11) is 0. The maximum Gasteiger partial charge on any atom is 0.305 e. The Hall–Kier alpha value is -2.27. The van der Waals surface area contributed by atoms with Crippen molar-refractivity contribution in [2.75, 3.05) is 0 Å². The van der Waals surface area contributed by atoms with Gasteiger partial charge in [0.1, 0.15) is 5.76 Å². The summed E-state index contributed by atoms with van der Waals surface area (Å²) in [4.78, 5) is 23.3. The van der Waals surface area contributed by atoms with Crippen LogP contribution in [0.1, 0.15) is 39.9 Å². The van der Waals surface area contributed by atoms with E-state index in [9.17, 15) is 9.59 Å². The highest BCUT2D eigenvalue weighted by Gasteiger charge is 2.22. The van der Waals surface area contributed by atoms with Crippen LogP contribution in [0.15, 0.2) is 34.7 Å². The fourth-order valence-corrected chi connectivity index (χ4v) is 2.34. The van der Waals surface area contributed by atoms with Gasteiger partial charge in [-0.1, -0.05) is 23.7 Å². The van der Waals surface area contributed by atoms with Crippen molar-refractivity contribution in [1.29, 1.82) is 0 Å². The van der Waals surface area contributed by atoms with E-state index < -0.39 is 17.9 Å². The van der Waals surface area contributed by atoms with Gasteiger partial charge in [-0.05, 0) is 37.6 Å². The molecule has 2 aromatic rings. The minimum Gasteiger partial charge on any atom is -0.481 e. The molecule has 0 aliphatic rings. The van der Waals surface area contributed by atoms with E-state index in [2.05, 4.69) is 5.32 Å². The van der Waals surface area contributed by atoms with Gasteiger partial charge in [-0.3, -0.25) is 9.59 Å². The van der Waals surface area contributed by atoms with Crippen molar-refractivity contribution in [1.82, 2.24) is 5.32 Å². The monoisotopic (exact) mass is 321 g/mol. The molecule has 0 fully saturated rings. The second-order valence-electron chi connectivity index (χ2n) is 5.04. The average molecular weight is 322 g/mol. The van der Waals surface area contributed by atoms with E-state index in [0.29, 0.717) is 21.9 Å². The maximum absolute atomic E-state index is 12.3. The molecule has 0 saturated carbocycles. The molecular formula is C16H16ClNO4. The van der Waals surface area contributed by atoms with Gasteiger partial charge in [0, 0.05) is 10.6 Å². The van der Waals surface area contributed by atoms with E-state index in [-0.39, 0.29) is 12.2 Å². The second kappa shape index (κ2) is 6.66. The van der Waals surface area contributed by atoms with E-state index in [1.54, 1.807) is 44.2 Å². The lowest BCUT2D eigenvalue weighted by molar-refractivity contribution is -0.137. The van der Waals surface area contributed by atoms with Gasteiger partial charge in [0.25, 0.3) is 5.91 Å². The molecule has 1 aromatic heterocycles. The first kappa shape index (κ1) is 16.1. The van der Waals surface area contributed by atoms with E-state index in [1.165, 1.54) is 0 Å². The average Bonchev–Trinajstić information content (AvgIpc) is 2.77. The van der Waals surface area contributed by atoms with Gasteiger partial charge in [0.05, 0.1) is 12.5 Å². The molecule has 1 amide bonds. The number of amides is 1. The van der Waals surface area contributed by atoms with Gasteiger partial charge < -0.3 is 14.8 Å². The molecule has 1 heterocycles. The standard InChI is InChI=1S/C16H16ClNO4/c1-9-7-10(2)22-15(9)16(21)18-13(8-14(19)20)11-3-5-12(17)6-4-11/h3-7,13H,8H2,1-2H3,(H,18,21)(H,19,20)/t13-/m0/s1. The normalized spacial score (nSPS) is 12.0. The lowest BCUT2D eigenvalue weighted by Gasteiger charge is -2.17. The molecule has 5 nitrogen and oxygen atoms in total. The van der Waals surface area contributed by atoms with Crippen molar-refractivity contribution < 1.29 is 19.1 Å². The first-order valence-electron chi connectivity index (χ1n) is 6.72. The predicted octanol–water partition coefficient (Wildman–Crippen LogP) is 3.50. The van der Waals surface area contributed by atoms with Crippen LogP contribution < -0.4 is 5.32 Å². The van der Waals surface area contributed by atoms with Crippen molar-refractivity contribution >= 4 is 23.5 Å². The van der Waals surface area contributed by atoms with Crippen LogP contribution in [0.25, 0.3) is 0 Å². The van der Waals surface area contributed by atoms with Crippen LogP contribution in [-0.2, 0) is 4.79 Å². The number of furan rings is 1. The number of hydrogen-bond acceptors (Lipinski definition) is 3. The lowest BCUT2D eigenvalue weighted by Crippen LogP contribution is -2.30. The van der Waals surface area contributed by atoms with Gasteiger partial charge in [-0.15, -0.1) is 0 Å². The Kier molecular flexibility index (Phi) is 4.88. The highest BCUT2D eigenvalue weighted by molar-refractivity contribution is 6.30. The van der Waals surface area contributed by atoms with Gasteiger partial charge in [0.15, 0.2) is 5.76 Å². The number of halogens is 1. The van der Waals surface area contributed by atoms with Crippen LogP contribution in [-0.4, -0.2) is 17.0 Å². The second-order valence-corrected chi connectivity index (χ2v) is 5.48. The van der Waals surface area contributed by atoms with E-state index in [0.717, 1.165) is 0 Å². The first-order valence-corrected chi connectivity index (χ1v) is 7.09. The molecule has 1 atom stereocenters. The van der Waals surface area contributed by atoms with Crippen molar-refractivity contribution in [3.63, 3.8) is 0 Å². The van der Waals surface area contributed by atoms with Crippen LogP contribution in [0.5, 0.6) is 0 Å². The number of rotatable bonds is 5. The third-order valence-electron chi connectivity index (χ3n) is 3.20. The molecule has 0 spiro atoms. The largest absolute Gasteiger partial charge is 0.481 e. The Balaban J connectivity index is 2.23. The fraction of sp³-hybridized carbons (Fsp3) is 0.250. The number of carboxylic acid groups (broad SMARTS) is 1. The molecule has 0 unspecified atom stereocenters. The number of carbonyl (C=O) groups excluding carboxylic acids is 1. The number of hydrogen-bond donors (Lipinski definition) is 2. The third kappa shape index (κ3) is 3.89. The minimum atomic E-state index is -1.01. The summed E-state index contributed by atoms with van der Waals surface area (Å²) in [6, 6.07) is 7.78. The SMILES string of the molecule is Cc1cc(C)c(C(=O)N[C@@H](CC(=O)O)c2ccc(Cl)cc2)o1. The lowest BCUT2D eigenvalue weighted by atomic mass is 10.0. The zero-order chi connectivity index (χ0) is 16.3. The van der Waals surface area contributed by atoms with E-state index in [4.69, 9.17) is 21.1 Å². The summed E-state index contributed by atoms with van der Waals surface area (Å²) in [5.74, 6) is -0.620. The molecule has 2 rings (SSSR count). The smallest absolute Gasteiger partial charge is 0.305 e. The van der Waals surface area contributed by atoms with Crippen molar-refractivity contribution in [2.24, 2.45) is 0 Å². The first-order chi connectivity index (χ1) is 10.4. The molecular weight excluding hydrogens is 306 g/mol. The Morgan fingerprint density at radius 3 is 2.41 bits per heavy atom. The van der Waals surface area contributed by atoms with Gasteiger partial charge in [0.2, 0.25) is 0 Å². The summed E-state index contributed by atoms with van der Waals surface area (Å²) in [5, 5.41) is 12.3. The fourth-order valence-electron chi connectivity index (χ4n) is 2.21. The summed E-state index contributed by atoms with van der Waals surface area (Å²) in [6.45, 7) is 3.51. The van der Waals surface area contributed by atoms with Crippen molar-refractivity contribution in [2.45, 2.75) is 26.3 Å². The highest BCUT2D eigenvalue weighted by Crippen LogP contribution is 2.21. The Morgan fingerprint density at radius 2 is 1.91 bits per heavy atom. The predicted molar refractivity (Wildman–Crippen MR) is 82.1 cm³/mol. The highest BCUT2D eigenvalue weighted by atomic mass is 35.5. The van der Waals surface area contributed by atoms with Gasteiger partial charge in [-0.2, -0.15) is 0 Å². The van der Waals surface area contributed by atoms with Crippen LogP contribution in [0.4, 0.5) is 0 Å². The molecule has 0 bridgehead atoms. The topological polar surface area (TPSA) is 79.5 Å². The summed E-state index contributed by atoms with van der Waals surface area (Å²) < 4.78 is 5.36.